The van der Waals surface area contributed by atoms with Crippen LogP contribution >= 0.6 is 0 Å². The second-order valence-corrected chi connectivity index (χ2v) is 13.9. The summed E-state index contributed by atoms with van der Waals surface area (Å²) in [7, 11) is -1.86. The van der Waals surface area contributed by atoms with Gasteiger partial charge in [-0.25, -0.2) is 12.9 Å². The molecule has 0 bridgehead atoms. The lowest BCUT2D eigenvalue weighted by molar-refractivity contribution is -0.119. The highest BCUT2D eigenvalue weighted by Gasteiger charge is 2.41. The Labute approximate surface area is 251 Å². The summed E-state index contributed by atoms with van der Waals surface area (Å²) in [5.41, 5.74) is 6.63. The minimum atomic E-state index is -3.37. The van der Waals surface area contributed by atoms with Gasteiger partial charge in [0.2, 0.25) is 5.95 Å². The lowest BCUT2D eigenvalue weighted by Crippen LogP contribution is -2.19. The van der Waals surface area contributed by atoms with Crippen molar-refractivity contribution in [2.45, 2.75) is 50.3 Å². The van der Waals surface area contributed by atoms with E-state index in [1.165, 1.54) is 12.7 Å². The van der Waals surface area contributed by atoms with E-state index < -0.39 is 15.3 Å². The van der Waals surface area contributed by atoms with Gasteiger partial charge in [0.05, 0.1) is 23.4 Å². The van der Waals surface area contributed by atoms with E-state index in [9.17, 15) is 13.2 Å². The highest BCUT2D eigenvalue weighted by atomic mass is 32.2. The molecule has 1 N–H and O–H groups in total. The van der Waals surface area contributed by atoms with Crippen LogP contribution in [0.2, 0.25) is 0 Å². The SMILES string of the molecule is COc1cc2c(cc1Nc1nc3ccc(-c4ccc(CC(=O)[C@H](C)c5ccc(C)cc5)cc4)cn3n1)C(C)(C)CS2(=O)=O. The highest BCUT2D eigenvalue weighted by molar-refractivity contribution is 7.91. The maximum atomic E-state index is 12.9. The number of anilines is 2. The molecule has 43 heavy (non-hydrogen) atoms. The largest absolute Gasteiger partial charge is 0.495 e. The highest BCUT2D eigenvalue weighted by Crippen LogP contribution is 2.44. The molecule has 9 heteroatoms. The van der Waals surface area contributed by atoms with E-state index >= 15 is 0 Å². The Hall–Kier alpha value is -4.50. The summed E-state index contributed by atoms with van der Waals surface area (Å²) in [5.74, 6) is 0.859. The number of pyridine rings is 1. The summed E-state index contributed by atoms with van der Waals surface area (Å²) in [4.78, 5) is 17.8. The van der Waals surface area contributed by atoms with Crippen molar-refractivity contribution in [2.24, 2.45) is 0 Å². The van der Waals surface area contributed by atoms with E-state index in [1.807, 2.05) is 101 Å². The second-order valence-electron chi connectivity index (χ2n) is 11.9. The van der Waals surface area contributed by atoms with Crippen LogP contribution in [0.5, 0.6) is 5.75 Å². The van der Waals surface area contributed by atoms with E-state index in [4.69, 9.17) is 4.74 Å². The van der Waals surface area contributed by atoms with Gasteiger partial charge in [0, 0.05) is 35.6 Å². The van der Waals surface area contributed by atoms with E-state index in [0.29, 0.717) is 34.3 Å². The van der Waals surface area contributed by atoms with Crippen molar-refractivity contribution < 1.29 is 17.9 Å². The van der Waals surface area contributed by atoms with Crippen molar-refractivity contribution >= 4 is 32.9 Å². The second kappa shape index (κ2) is 10.6. The number of nitrogens with one attached hydrogen (secondary N) is 1. The van der Waals surface area contributed by atoms with Gasteiger partial charge in [0.1, 0.15) is 11.5 Å². The predicted molar refractivity (Wildman–Crippen MR) is 168 cm³/mol. The van der Waals surface area contributed by atoms with Crippen LogP contribution in [-0.2, 0) is 26.5 Å². The van der Waals surface area contributed by atoms with Crippen molar-refractivity contribution in [3.8, 4) is 16.9 Å². The van der Waals surface area contributed by atoms with Gasteiger partial charge < -0.3 is 10.1 Å². The topological polar surface area (TPSA) is 103 Å². The van der Waals surface area contributed by atoms with Crippen LogP contribution in [0.3, 0.4) is 0 Å². The molecule has 1 atom stereocenters. The zero-order valence-corrected chi connectivity index (χ0v) is 25.7. The number of nitrogens with zero attached hydrogens (tertiary/aromatic N) is 3. The Bertz CT molecular complexity index is 1960. The minimum absolute atomic E-state index is 0.0567. The number of sulfone groups is 1. The van der Waals surface area contributed by atoms with Gasteiger partial charge in [0.15, 0.2) is 15.5 Å². The minimum Gasteiger partial charge on any atom is -0.495 e. The summed E-state index contributed by atoms with van der Waals surface area (Å²) in [6, 6.07) is 23.4. The van der Waals surface area contributed by atoms with Gasteiger partial charge in [-0.3, -0.25) is 4.79 Å². The fourth-order valence-electron chi connectivity index (χ4n) is 5.68. The number of fused-ring (bicyclic) bond motifs is 2. The van der Waals surface area contributed by atoms with E-state index in [-0.39, 0.29) is 17.5 Å². The smallest absolute Gasteiger partial charge is 0.247 e. The molecule has 0 aliphatic carbocycles. The molecular weight excluding hydrogens is 560 g/mol. The first kappa shape index (κ1) is 28.6. The number of carbonyl (C=O) groups is 1. The van der Waals surface area contributed by atoms with Crippen molar-refractivity contribution in [3.63, 3.8) is 0 Å². The molecule has 0 unspecified atom stereocenters. The number of ether oxygens (including phenoxy) is 1. The average molecular weight is 595 g/mol. The summed E-state index contributed by atoms with van der Waals surface area (Å²) < 4.78 is 32.6. The summed E-state index contributed by atoms with van der Waals surface area (Å²) in [6.45, 7) is 7.85. The van der Waals surface area contributed by atoms with Crippen LogP contribution < -0.4 is 10.1 Å². The zero-order valence-electron chi connectivity index (χ0n) is 24.9. The maximum Gasteiger partial charge on any atom is 0.247 e. The van der Waals surface area contributed by atoms with Crippen molar-refractivity contribution in [1.29, 1.82) is 0 Å². The number of Topliss-reactive ketones (excluding diaryl/α,β-unsaturated/α-hetero) is 1. The number of hydrogen-bond acceptors (Lipinski definition) is 7. The fraction of sp³-hybridized carbons (Fsp3) is 0.265. The molecule has 0 fully saturated rings. The number of methoxy groups -OCH3 is 1. The van der Waals surface area contributed by atoms with E-state index in [0.717, 1.165) is 27.8 Å². The molecule has 8 nitrogen and oxygen atoms in total. The molecule has 220 valence electrons. The van der Waals surface area contributed by atoms with Gasteiger partial charge >= 0.3 is 0 Å². The van der Waals surface area contributed by atoms with Crippen LogP contribution in [0.15, 0.2) is 83.9 Å². The molecule has 6 rings (SSSR count). The number of benzene rings is 3. The van der Waals surface area contributed by atoms with Crippen LogP contribution in [0.1, 0.15) is 48.9 Å². The van der Waals surface area contributed by atoms with Crippen molar-refractivity contribution in [1.82, 2.24) is 14.6 Å². The summed E-state index contributed by atoms with van der Waals surface area (Å²) in [6.07, 6.45) is 2.28. The molecule has 0 saturated heterocycles. The summed E-state index contributed by atoms with van der Waals surface area (Å²) in [5, 5.41) is 7.84. The van der Waals surface area contributed by atoms with E-state index in [1.54, 1.807) is 10.6 Å². The quantitative estimate of drug-likeness (QED) is 0.221. The molecule has 0 saturated carbocycles. The summed E-state index contributed by atoms with van der Waals surface area (Å²) >= 11 is 0. The first-order valence-electron chi connectivity index (χ1n) is 14.2. The Balaban J connectivity index is 1.20. The standard InChI is InChI=1S/C34H34N4O4S/c1-21-6-10-24(11-7-21)22(2)29(39)16-23-8-12-25(13-9-23)26-14-15-32-36-33(37-38(32)19-26)35-28-17-27-31(18-30(28)42-5)43(40,41)20-34(27,3)4/h6-15,17-19,22H,16,20H2,1-5H3,(H,35,37)/t22-/m1/s1. The van der Waals surface area contributed by atoms with Crippen molar-refractivity contribution in [2.75, 3.05) is 18.2 Å². The molecule has 0 spiro atoms. The first-order valence-corrected chi connectivity index (χ1v) is 15.9. The first-order chi connectivity index (χ1) is 20.4. The average Bonchev–Trinajstić information content (AvgIpc) is 3.45. The number of aryl methyl sites for hydroxylation is 1. The molecule has 0 amide bonds. The molecular formula is C34H34N4O4S. The van der Waals surface area contributed by atoms with Crippen molar-refractivity contribution in [3.05, 3.63) is 101 Å². The number of ketones is 1. The number of rotatable bonds is 8. The van der Waals surface area contributed by atoms with Gasteiger partial charge in [-0.1, -0.05) is 74.9 Å². The normalized spacial score (nSPS) is 15.7. The fourth-order valence-corrected chi connectivity index (χ4v) is 7.90. The number of carbonyl (C=O) groups excluding carboxylic acids is 1. The predicted octanol–water partition coefficient (Wildman–Crippen LogP) is 6.44. The third-order valence-electron chi connectivity index (χ3n) is 8.22. The molecule has 1 aliphatic rings. The Morgan fingerprint density at radius 2 is 1.72 bits per heavy atom. The third kappa shape index (κ3) is 5.52. The molecule has 5 aromatic rings. The monoisotopic (exact) mass is 594 g/mol. The number of aromatic nitrogens is 3. The Morgan fingerprint density at radius 1 is 1.02 bits per heavy atom. The molecule has 3 heterocycles. The zero-order chi connectivity index (χ0) is 30.5. The molecule has 1 aliphatic heterocycles. The van der Waals surface area contributed by atoms with Gasteiger partial charge in [-0.05, 0) is 47.4 Å². The lowest BCUT2D eigenvalue weighted by Gasteiger charge is -2.18. The van der Waals surface area contributed by atoms with Crippen LogP contribution in [-0.4, -0.2) is 41.7 Å². The molecule has 2 aromatic heterocycles. The van der Waals surface area contributed by atoms with Crippen LogP contribution in [0.25, 0.3) is 16.8 Å². The number of hydrogen-bond donors (Lipinski definition) is 1. The van der Waals surface area contributed by atoms with E-state index in [2.05, 4.69) is 15.4 Å². The third-order valence-corrected chi connectivity index (χ3v) is 10.3. The molecule has 3 aromatic carbocycles. The van der Waals surface area contributed by atoms with Gasteiger partial charge in [-0.15, -0.1) is 5.10 Å². The lowest BCUT2D eigenvalue weighted by atomic mass is 9.87. The van der Waals surface area contributed by atoms with Crippen LogP contribution in [0.4, 0.5) is 11.6 Å². The van der Waals surface area contributed by atoms with Gasteiger partial charge in [-0.2, -0.15) is 4.98 Å². The molecule has 0 radical (unpaired) electrons. The van der Waals surface area contributed by atoms with Gasteiger partial charge in [0.25, 0.3) is 0 Å². The Kier molecular flexibility index (Phi) is 7.08. The van der Waals surface area contributed by atoms with Crippen LogP contribution in [0, 0.1) is 6.92 Å². The Morgan fingerprint density at radius 3 is 2.42 bits per heavy atom. The maximum absolute atomic E-state index is 12.9.